The second-order valence-electron chi connectivity index (χ2n) is 2.44. The molecule has 0 aliphatic heterocycles. The van der Waals surface area contributed by atoms with Gasteiger partial charge in [-0.15, -0.1) is 0 Å². The van der Waals surface area contributed by atoms with E-state index in [1.807, 2.05) is 6.92 Å². The zero-order valence-corrected chi connectivity index (χ0v) is 9.42. The van der Waals surface area contributed by atoms with E-state index in [1.165, 1.54) is 0 Å². The Morgan fingerprint density at radius 2 is 2.15 bits per heavy atom. The lowest BCUT2D eigenvalue weighted by Gasteiger charge is -2.02. The Balaban J connectivity index is 2.87. The van der Waals surface area contributed by atoms with Crippen LogP contribution < -0.4 is 0 Å². The third-order valence-electron chi connectivity index (χ3n) is 1.50. The van der Waals surface area contributed by atoms with Crippen molar-refractivity contribution in [3.8, 4) is 0 Å². The molecule has 0 N–H and O–H groups in total. The van der Waals surface area contributed by atoms with Crippen LogP contribution in [-0.2, 0) is 16.6 Å². The molecular formula is C8H9Cl2NOS. The average Bonchev–Trinajstić information content (AvgIpc) is 2.11. The molecule has 0 fully saturated rings. The molecule has 0 saturated carbocycles. The maximum absolute atomic E-state index is 11.2. The zero-order valence-electron chi connectivity index (χ0n) is 7.09. The summed E-state index contributed by atoms with van der Waals surface area (Å²) in [6, 6.07) is 3.28. The van der Waals surface area contributed by atoms with E-state index < -0.39 is 10.8 Å². The molecule has 1 aromatic heterocycles. The van der Waals surface area contributed by atoms with Crippen LogP contribution in [0.2, 0.25) is 10.2 Å². The van der Waals surface area contributed by atoms with Crippen molar-refractivity contribution in [1.29, 1.82) is 0 Å². The smallest absolute Gasteiger partial charge is 0.129 e. The van der Waals surface area contributed by atoms with Crippen molar-refractivity contribution in [3.63, 3.8) is 0 Å². The maximum atomic E-state index is 11.2. The number of aromatic nitrogens is 1. The number of hydrogen-bond acceptors (Lipinski definition) is 2. The molecule has 0 aliphatic carbocycles. The second kappa shape index (κ2) is 4.94. The molecular weight excluding hydrogens is 229 g/mol. The second-order valence-corrected chi connectivity index (χ2v) is 4.98. The Hall–Kier alpha value is -0.120. The first-order chi connectivity index (χ1) is 6.13. The number of nitrogens with zero attached hydrogens (tertiary/aromatic N) is 1. The van der Waals surface area contributed by atoms with Crippen molar-refractivity contribution in [3.05, 3.63) is 28.0 Å². The van der Waals surface area contributed by atoms with Crippen molar-refractivity contribution >= 4 is 34.0 Å². The molecule has 72 valence electrons. The van der Waals surface area contributed by atoms with Crippen LogP contribution in [0.25, 0.3) is 0 Å². The third kappa shape index (κ3) is 3.25. The molecule has 1 aromatic rings. The fourth-order valence-corrected chi connectivity index (χ4v) is 1.96. The molecule has 0 amide bonds. The number of rotatable bonds is 3. The summed E-state index contributed by atoms with van der Waals surface area (Å²) in [4.78, 5) is 4.00. The van der Waals surface area contributed by atoms with Crippen molar-refractivity contribution < 1.29 is 4.21 Å². The van der Waals surface area contributed by atoms with Crippen LogP contribution in [0.5, 0.6) is 0 Å². The van der Waals surface area contributed by atoms with E-state index in [1.54, 1.807) is 12.1 Å². The summed E-state index contributed by atoms with van der Waals surface area (Å²) in [5.41, 5.74) is 0.606. The van der Waals surface area contributed by atoms with Gasteiger partial charge in [0.05, 0.1) is 16.5 Å². The number of pyridine rings is 1. The van der Waals surface area contributed by atoms with E-state index in [9.17, 15) is 4.21 Å². The Kier molecular flexibility index (Phi) is 4.16. The summed E-state index contributed by atoms with van der Waals surface area (Å²) in [6.45, 7) is 1.86. The molecule has 1 heterocycles. The summed E-state index contributed by atoms with van der Waals surface area (Å²) in [7, 11) is -0.902. The molecule has 0 spiro atoms. The van der Waals surface area contributed by atoms with Crippen LogP contribution in [0.1, 0.15) is 12.6 Å². The summed E-state index contributed by atoms with van der Waals surface area (Å²) < 4.78 is 11.2. The molecule has 0 bridgehead atoms. The number of halogens is 2. The van der Waals surface area contributed by atoms with Crippen molar-refractivity contribution in [2.75, 3.05) is 5.75 Å². The SMILES string of the molecule is CCS(=O)Cc1nc(Cl)ccc1Cl. The van der Waals surface area contributed by atoms with Crippen LogP contribution >= 0.6 is 23.2 Å². The summed E-state index contributed by atoms with van der Waals surface area (Å²) in [6.07, 6.45) is 0. The number of hydrogen-bond donors (Lipinski definition) is 0. The average molecular weight is 238 g/mol. The van der Waals surface area contributed by atoms with Gasteiger partial charge in [-0.05, 0) is 12.1 Å². The Bertz CT molecular complexity index is 330. The highest BCUT2D eigenvalue weighted by Gasteiger charge is 2.06. The van der Waals surface area contributed by atoms with Crippen molar-refractivity contribution in [1.82, 2.24) is 4.98 Å². The van der Waals surface area contributed by atoms with Gasteiger partial charge < -0.3 is 0 Å². The van der Waals surface area contributed by atoms with E-state index in [2.05, 4.69) is 4.98 Å². The highest BCUT2D eigenvalue weighted by molar-refractivity contribution is 7.84. The predicted octanol–water partition coefficient (Wildman–Crippen LogP) is 2.66. The van der Waals surface area contributed by atoms with E-state index in [0.717, 1.165) is 0 Å². The van der Waals surface area contributed by atoms with Crippen molar-refractivity contribution in [2.45, 2.75) is 12.7 Å². The lowest BCUT2D eigenvalue weighted by atomic mass is 10.4. The molecule has 1 rings (SSSR count). The fourth-order valence-electron chi connectivity index (χ4n) is 0.813. The Morgan fingerprint density at radius 3 is 2.77 bits per heavy atom. The van der Waals surface area contributed by atoms with Gasteiger partial charge in [-0.2, -0.15) is 0 Å². The highest BCUT2D eigenvalue weighted by atomic mass is 35.5. The van der Waals surface area contributed by atoms with Gasteiger partial charge in [-0.3, -0.25) is 4.21 Å². The largest absolute Gasteiger partial charge is 0.259 e. The molecule has 13 heavy (non-hydrogen) atoms. The molecule has 5 heteroatoms. The van der Waals surface area contributed by atoms with E-state index >= 15 is 0 Å². The molecule has 0 saturated heterocycles. The van der Waals surface area contributed by atoms with Crippen LogP contribution in [0.4, 0.5) is 0 Å². The highest BCUT2D eigenvalue weighted by Crippen LogP contribution is 2.18. The lowest BCUT2D eigenvalue weighted by molar-refractivity contribution is 0.683. The van der Waals surface area contributed by atoms with Crippen LogP contribution in [0, 0.1) is 0 Å². The monoisotopic (exact) mass is 237 g/mol. The van der Waals surface area contributed by atoms with E-state index in [4.69, 9.17) is 23.2 Å². The predicted molar refractivity (Wildman–Crippen MR) is 56.6 cm³/mol. The summed E-state index contributed by atoms with van der Waals surface area (Å²) in [5.74, 6) is 0.973. The summed E-state index contributed by atoms with van der Waals surface area (Å²) in [5, 5.41) is 0.902. The van der Waals surface area contributed by atoms with Crippen LogP contribution in [-0.4, -0.2) is 14.9 Å². The third-order valence-corrected chi connectivity index (χ3v) is 3.30. The van der Waals surface area contributed by atoms with E-state index in [-0.39, 0.29) is 0 Å². The molecule has 0 aromatic carbocycles. The first-order valence-corrected chi connectivity index (χ1v) is 6.03. The van der Waals surface area contributed by atoms with Gasteiger partial charge in [0, 0.05) is 16.6 Å². The minimum Gasteiger partial charge on any atom is -0.259 e. The molecule has 1 unspecified atom stereocenters. The minimum absolute atomic E-state index is 0.371. The van der Waals surface area contributed by atoms with Gasteiger partial charge in [-0.1, -0.05) is 30.1 Å². The molecule has 0 aliphatic rings. The van der Waals surface area contributed by atoms with Crippen LogP contribution in [0.3, 0.4) is 0 Å². The molecule has 0 radical (unpaired) electrons. The first kappa shape index (κ1) is 11.0. The van der Waals surface area contributed by atoms with Gasteiger partial charge in [0.15, 0.2) is 0 Å². The lowest BCUT2D eigenvalue weighted by Crippen LogP contribution is -2.00. The van der Waals surface area contributed by atoms with Crippen molar-refractivity contribution in [2.24, 2.45) is 0 Å². The van der Waals surface area contributed by atoms with Gasteiger partial charge in [0.2, 0.25) is 0 Å². The van der Waals surface area contributed by atoms with E-state index in [0.29, 0.717) is 27.4 Å². The Labute approximate surface area is 89.7 Å². The summed E-state index contributed by atoms with van der Waals surface area (Å²) >= 11 is 11.5. The first-order valence-electron chi connectivity index (χ1n) is 3.79. The molecule has 2 nitrogen and oxygen atoms in total. The van der Waals surface area contributed by atoms with Gasteiger partial charge in [-0.25, -0.2) is 4.98 Å². The fraction of sp³-hybridized carbons (Fsp3) is 0.375. The maximum Gasteiger partial charge on any atom is 0.129 e. The molecule has 1 atom stereocenters. The minimum atomic E-state index is -0.902. The Morgan fingerprint density at radius 1 is 1.46 bits per heavy atom. The zero-order chi connectivity index (χ0) is 9.84. The topological polar surface area (TPSA) is 30.0 Å². The van der Waals surface area contributed by atoms with Gasteiger partial charge in [0.1, 0.15) is 5.15 Å². The van der Waals surface area contributed by atoms with Gasteiger partial charge in [0.25, 0.3) is 0 Å². The van der Waals surface area contributed by atoms with Gasteiger partial charge >= 0.3 is 0 Å². The quantitative estimate of drug-likeness (QED) is 0.757. The standard InChI is InChI=1S/C8H9Cl2NOS/c1-2-13(12)5-7-6(9)3-4-8(10)11-7/h3-4H,2,5H2,1H3. The van der Waals surface area contributed by atoms with Crippen LogP contribution in [0.15, 0.2) is 12.1 Å². The normalized spacial score (nSPS) is 12.8.